The highest BCUT2D eigenvalue weighted by Crippen LogP contribution is 2.24. The smallest absolute Gasteiger partial charge is 0.173 e. The molecule has 0 saturated heterocycles. The van der Waals surface area contributed by atoms with Gasteiger partial charge in [0.1, 0.15) is 0 Å². The summed E-state index contributed by atoms with van der Waals surface area (Å²) in [6, 6.07) is 10.8. The van der Waals surface area contributed by atoms with E-state index >= 15 is 0 Å². The van der Waals surface area contributed by atoms with E-state index in [4.69, 9.17) is 12.2 Å². The molecule has 0 amide bonds. The molecule has 1 N–H and O–H groups in total. The maximum Gasteiger partial charge on any atom is 0.173 e. The summed E-state index contributed by atoms with van der Waals surface area (Å²) in [4.78, 5) is 2.05. The van der Waals surface area contributed by atoms with Crippen molar-refractivity contribution in [2.45, 2.75) is 38.6 Å². The summed E-state index contributed by atoms with van der Waals surface area (Å²) in [5, 5.41) is 4.36. The second-order valence-corrected chi connectivity index (χ2v) is 5.60. The third-order valence-corrected chi connectivity index (χ3v) is 4.26. The Morgan fingerprint density at radius 1 is 1.22 bits per heavy atom. The van der Waals surface area contributed by atoms with Crippen LogP contribution in [0.5, 0.6) is 0 Å². The van der Waals surface area contributed by atoms with Gasteiger partial charge in [0, 0.05) is 18.8 Å². The predicted molar refractivity (Wildman–Crippen MR) is 82.0 cm³/mol. The van der Waals surface area contributed by atoms with Crippen LogP contribution in [0.25, 0.3) is 0 Å². The average Bonchev–Trinajstić information content (AvgIpc) is 2.41. The second-order valence-electron chi connectivity index (χ2n) is 5.21. The number of thiocarbonyl (C=S) groups is 1. The van der Waals surface area contributed by atoms with Gasteiger partial charge in [0.15, 0.2) is 5.11 Å². The Balaban J connectivity index is 1.95. The maximum absolute atomic E-state index is 5.51. The molecule has 1 fully saturated rings. The van der Waals surface area contributed by atoms with Crippen LogP contribution in [0.3, 0.4) is 0 Å². The first kappa shape index (κ1) is 13.3. The van der Waals surface area contributed by atoms with Gasteiger partial charge >= 0.3 is 0 Å². The van der Waals surface area contributed by atoms with E-state index in [1.165, 1.54) is 25.7 Å². The van der Waals surface area contributed by atoms with E-state index in [1.54, 1.807) is 0 Å². The molecule has 0 aliphatic heterocycles. The van der Waals surface area contributed by atoms with Gasteiger partial charge in [0.05, 0.1) is 0 Å². The largest absolute Gasteiger partial charge is 0.359 e. The zero-order valence-corrected chi connectivity index (χ0v) is 12.0. The van der Waals surface area contributed by atoms with Gasteiger partial charge in [-0.1, -0.05) is 38.0 Å². The number of nitrogens with one attached hydrogen (secondary N) is 1. The third kappa shape index (κ3) is 3.22. The molecular formula is C15H22N2S. The van der Waals surface area contributed by atoms with Gasteiger partial charge in [0.2, 0.25) is 0 Å². The lowest BCUT2D eigenvalue weighted by Gasteiger charge is -2.32. The molecule has 1 aliphatic carbocycles. The van der Waals surface area contributed by atoms with Crippen molar-refractivity contribution in [3.05, 3.63) is 30.3 Å². The number of hydrogen-bond acceptors (Lipinski definition) is 1. The van der Waals surface area contributed by atoms with E-state index < -0.39 is 0 Å². The Bertz CT molecular complexity index is 391. The lowest BCUT2D eigenvalue weighted by molar-refractivity contribution is 0.309. The van der Waals surface area contributed by atoms with Crippen molar-refractivity contribution in [3.63, 3.8) is 0 Å². The average molecular weight is 262 g/mol. The molecule has 0 bridgehead atoms. The Morgan fingerprint density at radius 3 is 2.56 bits per heavy atom. The van der Waals surface area contributed by atoms with E-state index in [2.05, 4.69) is 29.3 Å². The molecule has 0 spiro atoms. The number of benzene rings is 1. The minimum Gasteiger partial charge on any atom is -0.359 e. The molecule has 0 unspecified atom stereocenters. The summed E-state index contributed by atoms with van der Waals surface area (Å²) >= 11 is 5.51. The molecule has 2 atom stereocenters. The zero-order valence-electron chi connectivity index (χ0n) is 11.2. The highest BCUT2D eigenvalue weighted by atomic mass is 32.1. The normalized spacial score (nSPS) is 23.4. The van der Waals surface area contributed by atoms with E-state index in [0.717, 1.165) is 16.7 Å². The van der Waals surface area contributed by atoms with Crippen molar-refractivity contribution in [1.29, 1.82) is 0 Å². The molecule has 1 saturated carbocycles. The molecular weight excluding hydrogens is 240 g/mol. The van der Waals surface area contributed by atoms with Crippen LogP contribution in [0.15, 0.2) is 30.3 Å². The van der Waals surface area contributed by atoms with Crippen molar-refractivity contribution in [1.82, 2.24) is 5.32 Å². The van der Waals surface area contributed by atoms with E-state index in [0.29, 0.717) is 6.04 Å². The van der Waals surface area contributed by atoms with Crippen LogP contribution in [0.1, 0.15) is 32.6 Å². The van der Waals surface area contributed by atoms with Gasteiger partial charge in [-0.05, 0) is 43.1 Å². The Hall–Kier alpha value is -1.09. The van der Waals surface area contributed by atoms with Gasteiger partial charge in [-0.2, -0.15) is 0 Å². The van der Waals surface area contributed by atoms with Crippen LogP contribution in [0.4, 0.5) is 5.69 Å². The maximum atomic E-state index is 5.51. The van der Waals surface area contributed by atoms with Crippen LogP contribution in [-0.2, 0) is 0 Å². The van der Waals surface area contributed by atoms with Gasteiger partial charge in [-0.25, -0.2) is 0 Å². The van der Waals surface area contributed by atoms with Gasteiger partial charge in [-0.3, -0.25) is 0 Å². The molecule has 2 nitrogen and oxygen atoms in total. The SMILES string of the molecule is C[C@@H]1CCCC[C@H]1NC(=S)N(C)c1ccccc1. The molecule has 0 heterocycles. The molecule has 3 heteroatoms. The first-order valence-electron chi connectivity index (χ1n) is 6.78. The number of anilines is 1. The predicted octanol–water partition coefficient (Wildman–Crippen LogP) is 3.58. The van der Waals surface area contributed by atoms with Crippen molar-refractivity contribution < 1.29 is 0 Å². The fourth-order valence-electron chi connectivity index (χ4n) is 2.55. The first-order valence-corrected chi connectivity index (χ1v) is 7.18. The fourth-order valence-corrected chi connectivity index (χ4v) is 2.81. The minimum absolute atomic E-state index is 0.539. The molecule has 0 radical (unpaired) electrons. The molecule has 18 heavy (non-hydrogen) atoms. The van der Waals surface area contributed by atoms with E-state index in [-0.39, 0.29) is 0 Å². The summed E-state index contributed by atoms with van der Waals surface area (Å²) in [5.74, 6) is 0.723. The number of nitrogens with zero attached hydrogens (tertiary/aromatic N) is 1. The van der Waals surface area contributed by atoms with Crippen molar-refractivity contribution in [2.24, 2.45) is 5.92 Å². The monoisotopic (exact) mass is 262 g/mol. The number of hydrogen-bond donors (Lipinski definition) is 1. The molecule has 1 aliphatic rings. The highest BCUT2D eigenvalue weighted by Gasteiger charge is 2.22. The Labute approximate surface area is 115 Å². The van der Waals surface area contributed by atoms with Crippen LogP contribution in [0.2, 0.25) is 0 Å². The molecule has 1 aromatic rings. The summed E-state index contributed by atoms with van der Waals surface area (Å²) < 4.78 is 0. The number of rotatable bonds is 2. The molecule has 2 rings (SSSR count). The fraction of sp³-hybridized carbons (Fsp3) is 0.533. The van der Waals surface area contributed by atoms with E-state index in [1.807, 2.05) is 25.2 Å². The molecule has 98 valence electrons. The van der Waals surface area contributed by atoms with Crippen molar-refractivity contribution in [3.8, 4) is 0 Å². The summed E-state index contributed by atoms with van der Waals surface area (Å²) in [6.07, 6.45) is 5.24. The molecule has 1 aromatic carbocycles. The topological polar surface area (TPSA) is 15.3 Å². The summed E-state index contributed by atoms with van der Waals surface area (Å²) in [5.41, 5.74) is 1.14. The summed E-state index contributed by atoms with van der Waals surface area (Å²) in [6.45, 7) is 2.32. The Morgan fingerprint density at radius 2 is 1.89 bits per heavy atom. The van der Waals surface area contributed by atoms with Gasteiger partial charge in [0.25, 0.3) is 0 Å². The van der Waals surface area contributed by atoms with Crippen LogP contribution >= 0.6 is 12.2 Å². The zero-order chi connectivity index (χ0) is 13.0. The first-order chi connectivity index (χ1) is 8.68. The standard InChI is InChI=1S/C15H22N2S/c1-12-8-6-7-11-14(12)16-15(18)17(2)13-9-4-3-5-10-13/h3-5,9-10,12,14H,6-8,11H2,1-2H3,(H,16,18)/t12-,14-/m1/s1. The van der Waals surface area contributed by atoms with Gasteiger partial charge in [-0.15, -0.1) is 0 Å². The summed E-state index contributed by atoms with van der Waals surface area (Å²) in [7, 11) is 2.03. The van der Waals surface area contributed by atoms with Gasteiger partial charge < -0.3 is 10.2 Å². The highest BCUT2D eigenvalue weighted by molar-refractivity contribution is 7.80. The van der Waals surface area contributed by atoms with Crippen LogP contribution in [-0.4, -0.2) is 18.2 Å². The quantitative estimate of drug-likeness (QED) is 0.820. The lowest BCUT2D eigenvalue weighted by atomic mass is 9.86. The second kappa shape index (κ2) is 6.19. The molecule has 0 aromatic heterocycles. The number of para-hydroxylation sites is 1. The van der Waals surface area contributed by atoms with Crippen molar-refractivity contribution in [2.75, 3.05) is 11.9 Å². The van der Waals surface area contributed by atoms with E-state index in [9.17, 15) is 0 Å². The third-order valence-electron chi connectivity index (χ3n) is 3.87. The van der Waals surface area contributed by atoms with Crippen LogP contribution in [0, 0.1) is 5.92 Å². The van der Waals surface area contributed by atoms with Crippen molar-refractivity contribution >= 4 is 23.0 Å². The lowest BCUT2D eigenvalue weighted by Crippen LogP contribution is -2.46. The minimum atomic E-state index is 0.539. The van der Waals surface area contributed by atoms with Crippen LogP contribution < -0.4 is 10.2 Å². The Kier molecular flexibility index (Phi) is 4.59.